The molecule has 0 aliphatic rings. The largest absolute Gasteiger partial charge is 0.326 e. The summed E-state index contributed by atoms with van der Waals surface area (Å²) in [5, 5.41) is 2.89. The van der Waals surface area contributed by atoms with Crippen LogP contribution in [0.15, 0.2) is 47.4 Å². The number of hydrogen-bond acceptors (Lipinski definition) is 3. The van der Waals surface area contributed by atoms with Crippen molar-refractivity contribution in [2.75, 3.05) is 5.32 Å². The minimum Gasteiger partial charge on any atom is -0.326 e. The van der Waals surface area contributed by atoms with Gasteiger partial charge in [-0.25, -0.2) is 13.1 Å². The molecular formula is C17H18Cl2N2O3S. The lowest BCUT2D eigenvalue weighted by molar-refractivity contribution is -0.118. The van der Waals surface area contributed by atoms with Gasteiger partial charge in [0.15, 0.2) is 0 Å². The van der Waals surface area contributed by atoms with Gasteiger partial charge in [0.25, 0.3) is 0 Å². The smallest absolute Gasteiger partial charge is 0.243 e. The highest BCUT2D eigenvalue weighted by molar-refractivity contribution is 7.89. The lowest BCUT2D eigenvalue weighted by atomic mass is 10.2. The van der Waals surface area contributed by atoms with Crippen molar-refractivity contribution < 1.29 is 13.2 Å². The maximum atomic E-state index is 12.4. The number of amides is 1. The van der Waals surface area contributed by atoms with Crippen LogP contribution in [0.2, 0.25) is 10.0 Å². The first-order valence-corrected chi connectivity index (χ1v) is 9.78. The van der Waals surface area contributed by atoms with Crippen LogP contribution in [0.5, 0.6) is 0 Å². The Bertz CT molecular complexity index is 846. The molecular weight excluding hydrogens is 383 g/mol. The molecule has 2 rings (SSSR count). The lowest BCUT2D eigenvalue weighted by Gasteiger charge is -2.11. The molecule has 0 aromatic heterocycles. The Morgan fingerprint density at radius 3 is 2.12 bits per heavy atom. The summed E-state index contributed by atoms with van der Waals surface area (Å²) in [6.45, 7) is 3.68. The average molecular weight is 401 g/mol. The van der Waals surface area contributed by atoms with E-state index in [1.165, 1.54) is 12.1 Å². The van der Waals surface area contributed by atoms with Crippen molar-refractivity contribution in [3.8, 4) is 0 Å². The van der Waals surface area contributed by atoms with Crippen molar-refractivity contribution in [3.63, 3.8) is 0 Å². The first-order chi connectivity index (χ1) is 11.7. The third-order valence-corrected chi connectivity index (χ3v) is 5.76. The van der Waals surface area contributed by atoms with Crippen LogP contribution < -0.4 is 10.0 Å². The second-order valence-corrected chi connectivity index (χ2v) is 8.23. The molecule has 0 aliphatic heterocycles. The molecule has 0 saturated carbocycles. The molecule has 5 nitrogen and oxygen atoms in total. The zero-order chi connectivity index (χ0) is 18.6. The summed E-state index contributed by atoms with van der Waals surface area (Å²) in [5.41, 5.74) is 1.38. The second-order valence-electron chi connectivity index (χ2n) is 5.72. The highest BCUT2D eigenvalue weighted by atomic mass is 35.5. The van der Waals surface area contributed by atoms with E-state index in [0.29, 0.717) is 5.69 Å². The number of carbonyl (C=O) groups excluding carboxylic acids is 1. The first-order valence-electron chi connectivity index (χ1n) is 7.54. The van der Waals surface area contributed by atoms with Gasteiger partial charge in [0, 0.05) is 18.2 Å². The van der Waals surface area contributed by atoms with E-state index in [4.69, 9.17) is 23.2 Å². The predicted octanol–water partition coefficient (Wildman–Crippen LogP) is 4.07. The molecule has 2 aromatic carbocycles. The molecule has 134 valence electrons. The molecule has 0 spiro atoms. The molecule has 0 bridgehead atoms. The van der Waals surface area contributed by atoms with Crippen molar-refractivity contribution in [3.05, 3.63) is 58.1 Å². The van der Waals surface area contributed by atoms with E-state index >= 15 is 0 Å². The Labute approximate surface area is 157 Å². The number of rotatable bonds is 6. The molecule has 0 fully saturated rings. The van der Waals surface area contributed by atoms with Crippen LogP contribution in [0.1, 0.15) is 19.4 Å². The summed E-state index contributed by atoms with van der Waals surface area (Å²) in [6, 6.07) is 11.4. The van der Waals surface area contributed by atoms with Crippen molar-refractivity contribution >= 4 is 44.8 Å². The third-order valence-electron chi connectivity index (χ3n) is 3.40. The molecule has 1 amide bonds. The standard InChI is InChI=1S/C17H18Cl2N2O3S/c1-11(2)17(22)21-13-8-6-12(7-9-13)10-20-25(23,24)16-14(18)4-3-5-15(16)19/h3-9,11,20H,10H2,1-2H3,(H,21,22). The van der Waals surface area contributed by atoms with Crippen LogP contribution in [-0.4, -0.2) is 14.3 Å². The SMILES string of the molecule is CC(C)C(=O)Nc1ccc(CNS(=O)(=O)c2c(Cl)cccc2Cl)cc1. The summed E-state index contributed by atoms with van der Waals surface area (Å²) in [7, 11) is -3.84. The predicted molar refractivity (Wildman–Crippen MR) is 100 cm³/mol. The topological polar surface area (TPSA) is 75.3 Å². The molecule has 0 saturated heterocycles. The van der Waals surface area contributed by atoms with Gasteiger partial charge < -0.3 is 5.32 Å². The van der Waals surface area contributed by atoms with Gasteiger partial charge in [0.2, 0.25) is 15.9 Å². The van der Waals surface area contributed by atoms with Gasteiger partial charge in [-0.15, -0.1) is 0 Å². The van der Waals surface area contributed by atoms with Crippen molar-refractivity contribution in [1.29, 1.82) is 0 Å². The summed E-state index contributed by atoms with van der Waals surface area (Å²) < 4.78 is 27.3. The van der Waals surface area contributed by atoms with E-state index in [9.17, 15) is 13.2 Å². The number of halogens is 2. The van der Waals surface area contributed by atoms with Gasteiger partial charge in [-0.05, 0) is 29.8 Å². The number of benzene rings is 2. The normalized spacial score (nSPS) is 11.6. The Hall–Kier alpha value is -1.60. The Morgan fingerprint density at radius 2 is 1.60 bits per heavy atom. The van der Waals surface area contributed by atoms with Crippen LogP contribution in [0.25, 0.3) is 0 Å². The summed E-state index contributed by atoms with van der Waals surface area (Å²) >= 11 is 11.9. The monoisotopic (exact) mass is 400 g/mol. The zero-order valence-electron chi connectivity index (χ0n) is 13.7. The summed E-state index contributed by atoms with van der Waals surface area (Å²) in [4.78, 5) is 11.5. The number of sulfonamides is 1. The molecule has 0 radical (unpaired) electrons. The molecule has 0 aliphatic carbocycles. The number of nitrogens with one attached hydrogen (secondary N) is 2. The molecule has 2 N–H and O–H groups in total. The summed E-state index contributed by atoms with van der Waals surface area (Å²) in [6.07, 6.45) is 0. The Morgan fingerprint density at radius 1 is 1.04 bits per heavy atom. The van der Waals surface area contributed by atoms with E-state index in [0.717, 1.165) is 5.56 Å². The number of anilines is 1. The average Bonchev–Trinajstić information content (AvgIpc) is 2.53. The van der Waals surface area contributed by atoms with E-state index in [1.807, 2.05) is 0 Å². The molecule has 0 atom stereocenters. The van der Waals surface area contributed by atoms with Crippen LogP contribution in [-0.2, 0) is 21.4 Å². The van der Waals surface area contributed by atoms with Crippen molar-refractivity contribution in [2.24, 2.45) is 5.92 Å². The maximum Gasteiger partial charge on any atom is 0.243 e. The molecule has 8 heteroatoms. The number of hydrogen-bond donors (Lipinski definition) is 2. The summed E-state index contributed by atoms with van der Waals surface area (Å²) in [5.74, 6) is -0.200. The van der Waals surface area contributed by atoms with E-state index < -0.39 is 10.0 Å². The van der Waals surface area contributed by atoms with Crippen molar-refractivity contribution in [1.82, 2.24) is 4.72 Å². The molecule has 0 heterocycles. The zero-order valence-corrected chi connectivity index (χ0v) is 16.0. The quantitative estimate of drug-likeness (QED) is 0.767. The molecule has 0 unspecified atom stereocenters. The highest BCUT2D eigenvalue weighted by Crippen LogP contribution is 2.28. The van der Waals surface area contributed by atoms with E-state index in [-0.39, 0.29) is 33.3 Å². The second kappa shape index (κ2) is 8.19. The minimum atomic E-state index is -3.84. The maximum absolute atomic E-state index is 12.4. The highest BCUT2D eigenvalue weighted by Gasteiger charge is 2.21. The van der Waals surface area contributed by atoms with Crippen LogP contribution in [0, 0.1) is 5.92 Å². The van der Waals surface area contributed by atoms with Crippen LogP contribution >= 0.6 is 23.2 Å². The fraction of sp³-hybridized carbons (Fsp3) is 0.235. The van der Waals surface area contributed by atoms with Crippen molar-refractivity contribution in [2.45, 2.75) is 25.3 Å². The van der Waals surface area contributed by atoms with Gasteiger partial charge in [-0.3, -0.25) is 4.79 Å². The molecule has 2 aromatic rings. The Balaban J connectivity index is 2.07. The Kier molecular flexibility index (Phi) is 6.46. The minimum absolute atomic E-state index is 0.0618. The van der Waals surface area contributed by atoms with E-state index in [2.05, 4.69) is 10.0 Å². The number of carbonyl (C=O) groups is 1. The fourth-order valence-electron chi connectivity index (χ4n) is 1.98. The first kappa shape index (κ1) is 19.7. The van der Waals surface area contributed by atoms with Gasteiger partial charge in [0.05, 0.1) is 10.0 Å². The fourth-order valence-corrected chi connectivity index (χ4v) is 4.14. The van der Waals surface area contributed by atoms with Crippen LogP contribution in [0.3, 0.4) is 0 Å². The van der Waals surface area contributed by atoms with Gasteiger partial charge in [0.1, 0.15) is 4.90 Å². The van der Waals surface area contributed by atoms with Crippen LogP contribution in [0.4, 0.5) is 5.69 Å². The van der Waals surface area contributed by atoms with Gasteiger partial charge in [-0.1, -0.05) is 55.2 Å². The van der Waals surface area contributed by atoms with Gasteiger partial charge >= 0.3 is 0 Å². The van der Waals surface area contributed by atoms with Gasteiger partial charge in [-0.2, -0.15) is 0 Å². The van der Waals surface area contributed by atoms with E-state index in [1.54, 1.807) is 44.2 Å². The lowest BCUT2D eigenvalue weighted by Crippen LogP contribution is -2.24. The third kappa shape index (κ3) is 5.19. The molecule has 25 heavy (non-hydrogen) atoms.